The first-order valence-corrected chi connectivity index (χ1v) is 7.48. The summed E-state index contributed by atoms with van der Waals surface area (Å²) in [7, 11) is 4.22. The largest absolute Gasteiger partial charge is 0.356 e. The van der Waals surface area contributed by atoms with Gasteiger partial charge in [-0.15, -0.1) is 0 Å². The Hall–Kier alpha value is -1.09. The van der Waals surface area contributed by atoms with Gasteiger partial charge in [-0.1, -0.05) is 19.3 Å². The van der Waals surface area contributed by atoms with E-state index >= 15 is 0 Å². The summed E-state index contributed by atoms with van der Waals surface area (Å²) in [5, 5.41) is 3.28. The molecule has 0 amide bonds. The lowest BCUT2D eigenvalue weighted by Crippen LogP contribution is -2.35. The maximum atomic E-state index is 4.81. The van der Waals surface area contributed by atoms with Gasteiger partial charge in [-0.2, -0.15) is 0 Å². The molecule has 1 aliphatic carbocycles. The molecule has 0 bridgehead atoms. The van der Waals surface area contributed by atoms with Gasteiger partial charge < -0.3 is 10.2 Å². The number of aryl methyl sites for hydroxylation is 2. The minimum atomic E-state index is 0.665. The fourth-order valence-corrected chi connectivity index (χ4v) is 3.17. The Balaban J connectivity index is 2.30. The highest BCUT2D eigenvalue weighted by molar-refractivity contribution is 5.52. The summed E-state index contributed by atoms with van der Waals surface area (Å²) in [5.74, 6) is 1.18. The summed E-state index contributed by atoms with van der Waals surface area (Å²) in [6, 6.07) is 2.85. The molecule has 1 aromatic rings. The fraction of sp³-hybridized carbons (Fsp3) is 0.688. The smallest absolute Gasteiger partial charge is 0.133 e. The van der Waals surface area contributed by atoms with Gasteiger partial charge in [0.15, 0.2) is 0 Å². The molecule has 1 fully saturated rings. The van der Waals surface area contributed by atoms with E-state index in [4.69, 9.17) is 4.98 Å². The van der Waals surface area contributed by atoms with Crippen molar-refractivity contribution in [2.45, 2.75) is 58.5 Å². The van der Waals surface area contributed by atoms with Crippen LogP contribution in [0.4, 0.5) is 5.82 Å². The van der Waals surface area contributed by atoms with E-state index in [9.17, 15) is 0 Å². The number of hydrogen-bond acceptors (Lipinski definition) is 3. The maximum absolute atomic E-state index is 4.81. The molecule has 1 heterocycles. The third-order valence-corrected chi connectivity index (χ3v) is 4.26. The second-order valence-corrected chi connectivity index (χ2v) is 5.82. The topological polar surface area (TPSA) is 28.2 Å². The molecule has 0 spiro atoms. The Bertz CT molecular complexity index is 422. The molecule has 3 nitrogen and oxygen atoms in total. The summed E-state index contributed by atoms with van der Waals surface area (Å²) in [6.45, 7) is 5.18. The van der Waals surface area contributed by atoms with Gasteiger partial charge in [0.1, 0.15) is 5.82 Å². The number of rotatable bonds is 4. The Kier molecular flexibility index (Phi) is 4.81. The summed E-state index contributed by atoms with van der Waals surface area (Å²) in [6.07, 6.45) is 6.74. The van der Waals surface area contributed by atoms with Crippen LogP contribution in [0, 0.1) is 13.8 Å². The van der Waals surface area contributed by atoms with E-state index < -0.39 is 0 Å². The summed E-state index contributed by atoms with van der Waals surface area (Å²) >= 11 is 0. The van der Waals surface area contributed by atoms with Crippen molar-refractivity contribution in [3.8, 4) is 0 Å². The van der Waals surface area contributed by atoms with Crippen LogP contribution in [0.3, 0.4) is 0 Å². The molecule has 2 rings (SSSR count). The van der Waals surface area contributed by atoms with E-state index in [1.165, 1.54) is 49.0 Å². The van der Waals surface area contributed by atoms with Gasteiger partial charge in [0, 0.05) is 30.9 Å². The highest BCUT2D eigenvalue weighted by Crippen LogP contribution is 2.28. The van der Waals surface area contributed by atoms with Gasteiger partial charge in [0.25, 0.3) is 0 Å². The van der Waals surface area contributed by atoms with E-state index in [1.807, 2.05) is 7.05 Å². The minimum Gasteiger partial charge on any atom is -0.356 e. The third kappa shape index (κ3) is 3.27. The van der Waals surface area contributed by atoms with Crippen LogP contribution in [0.5, 0.6) is 0 Å². The average Bonchev–Trinajstić information content (AvgIpc) is 2.42. The molecule has 0 atom stereocenters. The van der Waals surface area contributed by atoms with Crippen molar-refractivity contribution in [3.63, 3.8) is 0 Å². The van der Waals surface area contributed by atoms with Gasteiger partial charge in [0.2, 0.25) is 0 Å². The molecule has 0 aromatic carbocycles. The molecule has 1 saturated carbocycles. The van der Waals surface area contributed by atoms with Crippen molar-refractivity contribution >= 4 is 5.82 Å². The quantitative estimate of drug-likeness (QED) is 0.902. The van der Waals surface area contributed by atoms with Crippen LogP contribution >= 0.6 is 0 Å². The Labute approximate surface area is 117 Å². The molecule has 106 valence electrons. The predicted molar refractivity (Wildman–Crippen MR) is 81.8 cm³/mol. The van der Waals surface area contributed by atoms with Crippen LogP contribution in [0.2, 0.25) is 0 Å². The van der Waals surface area contributed by atoms with Crippen molar-refractivity contribution < 1.29 is 0 Å². The van der Waals surface area contributed by atoms with Crippen molar-refractivity contribution in [2.75, 3.05) is 19.0 Å². The predicted octanol–water partition coefficient (Wildman–Crippen LogP) is 3.19. The third-order valence-electron chi connectivity index (χ3n) is 4.26. The van der Waals surface area contributed by atoms with E-state index in [2.05, 4.69) is 37.2 Å². The van der Waals surface area contributed by atoms with Crippen LogP contribution in [0.1, 0.15) is 48.9 Å². The lowest BCUT2D eigenvalue weighted by molar-refractivity contribution is 0.425. The van der Waals surface area contributed by atoms with Gasteiger partial charge in [-0.3, -0.25) is 0 Å². The summed E-state index contributed by atoms with van der Waals surface area (Å²) in [5.41, 5.74) is 3.82. The first-order chi connectivity index (χ1) is 9.13. The second kappa shape index (κ2) is 6.38. The standard InChI is InChI=1S/C16H27N3/c1-12-10-13(2)18-16(15(12)11-17-3)19(4)14-8-6-5-7-9-14/h10,14,17H,5-9,11H2,1-4H3. The van der Waals surface area contributed by atoms with Crippen LogP contribution in [0.25, 0.3) is 0 Å². The van der Waals surface area contributed by atoms with Gasteiger partial charge in [-0.05, 0) is 45.4 Å². The van der Waals surface area contributed by atoms with Crippen molar-refractivity contribution in [2.24, 2.45) is 0 Å². The second-order valence-electron chi connectivity index (χ2n) is 5.82. The lowest BCUT2D eigenvalue weighted by atomic mass is 9.94. The van der Waals surface area contributed by atoms with Gasteiger partial charge >= 0.3 is 0 Å². The molecule has 1 N–H and O–H groups in total. The molecule has 19 heavy (non-hydrogen) atoms. The first-order valence-electron chi connectivity index (χ1n) is 7.48. The Morgan fingerprint density at radius 1 is 1.26 bits per heavy atom. The molecule has 1 aromatic heterocycles. The minimum absolute atomic E-state index is 0.665. The zero-order valence-corrected chi connectivity index (χ0v) is 12.8. The molecule has 0 saturated heterocycles. The number of nitrogens with zero attached hydrogens (tertiary/aromatic N) is 2. The number of aromatic nitrogens is 1. The first kappa shape index (κ1) is 14.3. The Morgan fingerprint density at radius 2 is 1.95 bits per heavy atom. The highest BCUT2D eigenvalue weighted by atomic mass is 15.2. The zero-order valence-electron chi connectivity index (χ0n) is 12.8. The summed E-state index contributed by atoms with van der Waals surface area (Å²) < 4.78 is 0. The molecule has 0 unspecified atom stereocenters. The zero-order chi connectivity index (χ0) is 13.8. The molecular formula is C16H27N3. The van der Waals surface area contributed by atoms with Crippen LogP contribution < -0.4 is 10.2 Å². The monoisotopic (exact) mass is 261 g/mol. The number of pyridine rings is 1. The molecular weight excluding hydrogens is 234 g/mol. The van der Waals surface area contributed by atoms with Crippen LogP contribution in [-0.2, 0) is 6.54 Å². The summed E-state index contributed by atoms with van der Waals surface area (Å²) in [4.78, 5) is 7.24. The molecule has 1 aliphatic rings. The number of nitrogens with one attached hydrogen (secondary N) is 1. The van der Waals surface area contributed by atoms with Gasteiger partial charge in [-0.25, -0.2) is 4.98 Å². The fourth-order valence-electron chi connectivity index (χ4n) is 3.17. The van der Waals surface area contributed by atoms with Crippen LogP contribution in [-0.4, -0.2) is 25.1 Å². The average molecular weight is 261 g/mol. The lowest BCUT2D eigenvalue weighted by Gasteiger charge is -2.34. The normalized spacial score (nSPS) is 16.6. The van der Waals surface area contributed by atoms with Crippen molar-refractivity contribution in [1.29, 1.82) is 0 Å². The van der Waals surface area contributed by atoms with Crippen molar-refractivity contribution in [3.05, 3.63) is 22.9 Å². The van der Waals surface area contributed by atoms with E-state index in [0.29, 0.717) is 6.04 Å². The molecule has 3 heteroatoms. The molecule has 0 radical (unpaired) electrons. The molecule has 0 aliphatic heterocycles. The SMILES string of the molecule is CNCc1c(C)cc(C)nc1N(C)C1CCCCC1. The van der Waals surface area contributed by atoms with E-state index in [-0.39, 0.29) is 0 Å². The van der Waals surface area contributed by atoms with E-state index in [1.54, 1.807) is 0 Å². The highest BCUT2D eigenvalue weighted by Gasteiger charge is 2.22. The maximum Gasteiger partial charge on any atom is 0.133 e. The Morgan fingerprint density at radius 3 is 2.58 bits per heavy atom. The van der Waals surface area contributed by atoms with E-state index in [0.717, 1.165) is 12.2 Å². The van der Waals surface area contributed by atoms with Gasteiger partial charge in [0.05, 0.1) is 0 Å². The van der Waals surface area contributed by atoms with Crippen LogP contribution in [0.15, 0.2) is 6.07 Å². The number of anilines is 1. The van der Waals surface area contributed by atoms with Crippen molar-refractivity contribution in [1.82, 2.24) is 10.3 Å². The number of hydrogen-bond donors (Lipinski definition) is 1.